The summed E-state index contributed by atoms with van der Waals surface area (Å²) >= 11 is 0. The molecule has 21 heavy (non-hydrogen) atoms. The lowest BCUT2D eigenvalue weighted by Gasteiger charge is -2.33. The van der Waals surface area contributed by atoms with Crippen LogP contribution in [0.1, 0.15) is 26.3 Å². The summed E-state index contributed by atoms with van der Waals surface area (Å²) in [5.74, 6) is -1.49. The highest BCUT2D eigenvalue weighted by molar-refractivity contribution is 5.97. The highest BCUT2D eigenvalue weighted by Crippen LogP contribution is 2.29. The van der Waals surface area contributed by atoms with Gasteiger partial charge >= 0.3 is 5.97 Å². The summed E-state index contributed by atoms with van der Waals surface area (Å²) < 4.78 is 0. The monoisotopic (exact) mass is 290 g/mol. The molecule has 0 bridgehead atoms. The quantitative estimate of drug-likeness (QED) is 0.888. The van der Waals surface area contributed by atoms with Crippen molar-refractivity contribution < 1.29 is 14.7 Å². The Morgan fingerprint density at radius 2 is 2.00 bits per heavy atom. The van der Waals surface area contributed by atoms with Crippen LogP contribution in [0.4, 0.5) is 5.69 Å². The largest absolute Gasteiger partial charge is 0.481 e. The normalized spacial score (nSPS) is 18.2. The van der Waals surface area contributed by atoms with Crippen LogP contribution in [0.2, 0.25) is 0 Å². The van der Waals surface area contributed by atoms with Crippen molar-refractivity contribution in [1.82, 2.24) is 5.32 Å². The highest BCUT2D eigenvalue weighted by atomic mass is 16.4. The Kier molecular flexibility index (Phi) is 4.32. The highest BCUT2D eigenvalue weighted by Gasteiger charge is 2.32. The second-order valence-corrected chi connectivity index (χ2v) is 6.48. The predicted octanol–water partition coefficient (Wildman–Crippen LogP) is 1.66. The second kappa shape index (κ2) is 5.85. The van der Waals surface area contributed by atoms with Gasteiger partial charge in [0, 0.05) is 17.8 Å². The lowest BCUT2D eigenvalue weighted by molar-refractivity contribution is -0.141. The number of carbonyl (C=O) groups excluding carboxylic acids is 1. The van der Waals surface area contributed by atoms with Gasteiger partial charge in [-0.25, -0.2) is 0 Å². The number of nitrogens with one attached hydrogen (secondary N) is 1. The molecular weight excluding hydrogens is 268 g/mol. The first kappa shape index (κ1) is 15.5. The summed E-state index contributed by atoms with van der Waals surface area (Å²) in [7, 11) is 0. The third-order valence-corrected chi connectivity index (χ3v) is 3.57. The van der Waals surface area contributed by atoms with Crippen molar-refractivity contribution in [3.05, 3.63) is 29.8 Å². The zero-order valence-corrected chi connectivity index (χ0v) is 12.7. The van der Waals surface area contributed by atoms with Crippen LogP contribution < -0.4 is 10.2 Å². The molecule has 1 aliphatic rings. The van der Waals surface area contributed by atoms with Gasteiger partial charge in [-0.1, -0.05) is 18.2 Å². The molecule has 5 nitrogen and oxygen atoms in total. The number of nitrogens with zero attached hydrogens (tertiary/aromatic N) is 1. The predicted molar refractivity (Wildman–Crippen MR) is 81.4 cm³/mol. The number of carboxylic acids is 1. The van der Waals surface area contributed by atoms with Crippen LogP contribution in [0, 0.1) is 5.92 Å². The molecule has 1 unspecified atom stereocenters. The summed E-state index contributed by atoms with van der Waals surface area (Å²) in [4.78, 5) is 25.3. The molecule has 1 aliphatic heterocycles. The topological polar surface area (TPSA) is 69.6 Å². The van der Waals surface area contributed by atoms with E-state index in [1.54, 1.807) is 4.90 Å². The van der Waals surface area contributed by atoms with Gasteiger partial charge in [-0.2, -0.15) is 0 Å². The van der Waals surface area contributed by atoms with Crippen LogP contribution in [0.5, 0.6) is 0 Å². The average Bonchev–Trinajstić information content (AvgIpc) is 2.42. The molecule has 0 aliphatic carbocycles. The first-order chi connectivity index (χ1) is 9.78. The van der Waals surface area contributed by atoms with Crippen LogP contribution >= 0.6 is 0 Å². The maximum Gasteiger partial charge on any atom is 0.308 e. The van der Waals surface area contributed by atoms with E-state index in [2.05, 4.69) is 5.32 Å². The van der Waals surface area contributed by atoms with Crippen LogP contribution in [0.25, 0.3) is 0 Å². The molecule has 114 valence electrons. The van der Waals surface area contributed by atoms with Crippen molar-refractivity contribution in [3.8, 4) is 0 Å². The maximum atomic E-state index is 12.4. The molecule has 0 saturated heterocycles. The Hall–Kier alpha value is -1.88. The minimum atomic E-state index is -0.855. The molecule has 1 aromatic rings. The summed E-state index contributed by atoms with van der Waals surface area (Å²) in [5, 5.41) is 12.4. The van der Waals surface area contributed by atoms with E-state index in [1.165, 1.54) is 0 Å². The minimum Gasteiger partial charge on any atom is -0.481 e. The van der Waals surface area contributed by atoms with Gasteiger partial charge in [0.2, 0.25) is 5.91 Å². The van der Waals surface area contributed by atoms with Crippen molar-refractivity contribution in [2.24, 2.45) is 5.92 Å². The first-order valence-corrected chi connectivity index (χ1v) is 7.14. The van der Waals surface area contributed by atoms with E-state index in [-0.39, 0.29) is 24.5 Å². The van der Waals surface area contributed by atoms with E-state index < -0.39 is 11.9 Å². The number of hydrogen-bond donors (Lipinski definition) is 2. The Morgan fingerprint density at radius 3 is 2.62 bits per heavy atom. The van der Waals surface area contributed by atoms with Crippen LogP contribution in [0.15, 0.2) is 24.3 Å². The number of aliphatic carboxylic acids is 1. The molecule has 2 rings (SSSR count). The number of amides is 1. The van der Waals surface area contributed by atoms with Gasteiger partial charge < -0.3 is 15.3 Å². The molecule has 0 fully saturated rings. The van der Waals surface area contributed by atoms with Crippen molar-refractivity contribution in [2.45, 2.75) is 32.7 Å². The van der Waals surface area contributed by atoms with Crippen molar-refractivity contribution in [3.63, 3.8) is 0 Å². The van der Waals surface area contributed by atoms with Gasteiger partial charge in [0.25, 0.3) is 0 Å². The summed E-state index contributed by atoms with van der Waals surface area (Å²) in [5.41, 5.74) is 1.59. The number of hydrogen-bond acceptors (Lipinski definition) is 3. The number of rotatable bonds is 3. The second-order valence-electron chi connectivity index (χ2n) is 6.48. The fourth-order valence-corrected chi connectivity index (χ4v) is 2.43. The third kappa shape index (κ3) is 3.82. The number of carboxylic acid groups (broad SMARTS) is 1. The molecule has 1 aromatic carbocycles. The Morgan fingerprint density at radius 1 is 1.33 bits per heavy atom. The van der Waals surface area contributed by atoms with E-state index >= 15 is 0 Å². The van der Waals surface area contributed by atoms with Gasteiger partial charge in [-0.15, -0.1) is 0 Å². The molecule has 1 heterocycles. The van der Waals surface area contributed by atoms with E-state index in [0.29, 0.717) is 6.42 Å². The van der Waals surface area contributed by atoms with Gasteiger partial charge in [-0.3, -0.25) is 9.59 Å². The molecule has 0 radical (unpaired) electrons. The zero-order valence-electron chi connectivity index (χ0n) is 12.7. The van der Waals surface area contributed by atoms with Crippen molar-refractivity contribution in [2.75, 3.05) is 18.0 Å². The standard InChI is InChI=1S/C16H22N2O3/c1-16(2,3)17-9-14(19)18-10-12(15(20)21)8-11-6-4-5-7-13(11)18/h4-7,12,17H,8-10H2,1-3H3,(H,20,21). The van der Waals surface area contributed by atoms with Gasteiger partial charge in [0.05, 0.1) is 12.5 Å². The van der Waals surface area contributed by atoms with Crippen LogP contribution in [0.3, 0.4) is 0 Å². The summed E-state index contributed by atoms with van der Waals surface area (Å²) in [6.45, 7) is 6.40. The molecule has 0 aromatic heterocycles. The van der Waals surface area contributed by atoms with Gasteiger partial charge in [-0.05, 0) is 38.8 Å². The number of anilines is 1. The zero-order chi connectivity index (χ0) is 15.6. The van der Waals surface area contributed by atoms with Gasteiger partial charge in [0.15, 0.2) is 0 Å². The smallest absolute Gasteiger partial charge is 0.308 e. The number of para-hydroxylation sites is 1. The van der Waals surface area contributed by atoms with Crippen molar-refractivity contribution >= 4 is 17.6 Å². The Bertz CT molecular complexity index is 549. The average molecular weight is 290 g/mol. The molecule has 5 heteroatoms. The molecule has 0 saturated carbocycles. The minimum absolute atomic E-state index is 0.0941. The Labute approximate surface area is 125 Å². The fraction of sp³-hybridized carbons (Fsp3) is 0.500. The lowest BCUT2D eigenvalue weighted by Crippen LogP contribution is -2.49. The van der Waals surface area contributed by atoms with E-state index in [9.17, 15) is 14.7 Å². The molecule has 1 atom stereocenters. The third-order valence-electron chi connectivity index (χ3n) is 3.57. The Balaban J connectivity index is 2.21. The molecule has 2 N–H and O–H groups in total. The number of benzene rings is 1. The lowest BCUT2D eigenvalue weighted by atomic mass is 9.92. The van der Waals surface area contributed by atoms with Crippen molar-refractivity contribution in [1.29, 1.82) is 0 Å². The number of fused-ring (bicyclic) bond motifs is 1. The summed E-state index contributed by atoms with van der Waals surface area (Å²) in [6, 6.07) is 7.51. The van der Waals surface area contributed by atoms with E-state index in [1.807, 2.05) is 45.0 Å². The SMILES string of the molecule is CC(C)(C)NCC(=O)N1CC(C(=O)O)Cc2ccccc21. The summed E-state index contributed by atoms with van der Waals surface area (Å²) in [6.07, 6.45) is 0.474. The van der Waals surface area contributed by atoms with E-state index in [0.717, 1.165) is 11.3 Å². The fourth-order valence-electron chi connectivity index (χ4n) is 2.43. The van der Waals surface area contributed by atoms with Crippen LogP contribution in [-0.2, 0) is 16.0 Å². The van der Waals surface area contributed by atoms with Crippen LogP contribution in [-0.4, -0.2) is 35.6 Å². The molecular formula is C16H22N2O3. The first-order valence-electron chi connectivity index (χ1n) is 7.14. The molecule has 1 amide bonds. The number of carbonyl (C=O) groups is 2. The van der Waals surface area contributed by atoms with E-state index in [4.69, 9.17) is 0 Å². The van der Waals surface area contributed by atoms with Gasteiger partial charge in [0.1, 0.15) is 0 Å². The molecule has 0 spiro atoms. The maximum absolute atomic E-state index is 12.4.